The van der Waals surface area contributed by atoms with E-state index < -0.39 is 18.6 Å². The van der Waals surface area contributed by atoms with Crippen molar-refractivity contribution in [3.05, 3.63) is 0 Å². The average molecular weight is 161 g/mol. The lowest BCUT2D eigenvalue weighted by atomic mass is 10.1. The van der Waals surface area contributed by atoms with E-state index in [1.807, 2.05) is 13.8 Å². The van der Waals surface area contributed by atoms with Gasteiger partial charge in [0.25, 0.3) is 0 Å². The maximum Gasteiger partial charge on any atom is 0.245 e. The minimum absolute atomic E-state index is 0.119. The van der Waals surface area contributed by atoms with Gasteiger partial charge >= 0.3 is 0 Å². The summed E-state index contributed by atoms with van der Waals surface area (Å²) >= 11 is 0. The van der Waals surface area contributed by atoms with Gasteiger partial charge in [-0.15, -0.1) is 0 Å². The molecule has 0 fully saturated rings. The molecule has 1 amide bonds. The van der Waals surface area contributed by atoms with Crippen molar-refractivity contribution < 1.29 is 15.0 Å². The molecule has 0 rings (SSSR count). The van der Waals surface area contributed by atoms with Crippen LogP contribution in [0.15, 0.2) is 0 Å². The number of hydrogen-bond donors (Lipinski definition) is 3. The van der Waals surface area contributed by atoms with E-state index >= 15 is 0 Å². The number of aliphatic hydroxyl groups is 2. The third-order valence-electron chi connectivity index (χ3n) is 1.42. The Balaban J connectivity index is 3.45. The number of carbonyl (C=O) groups excluding carboxylic acids is 1. The highest BCUT2D eigenvalue weighted by Gasteiger charge is 2.09. The molecule has 0 aromatic rings. The maximum absolute atomic E-state index is 10.5. The van der Waals surface area contributed by atoms with Crippen LogP contribution in [0.1, 0.15) is 13.8 Å². The van der Waals surface area contributed by atoms with Crippen molar-refractivity contribution in [2.24, 2.45) is 5.92 Å². The number of rotatable bonds is 4. The summed E-state index contributed by atoms with van der Waals surface area (Å²) in [7, 11) is 0. The topological polar surface area (TPSA) is 69.6 Å². The number of nitrogens with one attached hydrogen (secondary N) is 1. The van der Waals surface area contributed by atoms with Crippen LogP contribution in [0.2, 0.25) is 0 Å². The van der Waals surface area contributed by atoms with Gasteiger partial charge in [-0.25, -0.2) is 0 Å². The van der Waals surface area contributed by atoms with Gasteiger partial charge in [0, 0.05) is 6.54 Å². The second-order valence-electron chi connectivity index (χ2n) is 2.77. The van der Waals surface area contributed by atoms with E-state index in [4.69, 9.17) is 5.11 Å². The highest BCUT2D eigenvalue weighted by atomic mass is 16.3. The predicted octanol–water partition coefficient (Wildman–Crippen LogP) is -0.888. The molecule has 0 aliphatic rings. The van der Waals surface area contributed by atoms with E-state index in [9.17, 15) is 9.90 Å². The van der Waals surface area contributed by atoms with E-state index in [2.05, 4.69) is 5.32 Å². The van der Waals surface area contributed by atoms with Gasteiger partial charge in [0.1, 0.15) is 6.61 Å². The van der Waals surface area contributed by atoms with Crippen LogP contribution >= 0.6 is 0 Å². The van der Waals surface area contributed by atoms with Crippen LogP contribution in [0.3, 0.4) is 0 Å². The van der Waals surface area contributed by atoms with E-state index in [0.717, 1.165) is 0 Å². The van der Waals surface area contributed by atoms with Crippen LogP contribution in [0.4, 0.5) is 0 Å². The summed E-state index contributed by atoms with van der Waals surface area (Å²) < 4.78 is 0. The highest BCUT2D eigenvalue weighted by molar-refractivity contribution is 5.76. The summed E-state index contributed by atoms with van der Waals surface area (Å²) in [5.74, 6) is -0.335. The molecule has 1 unspecified atom stereocenters. The zero-order valence-electron chi connectivity index (χ0n) is 6.87. The fourth-order valence-electron chi connectivity index (χ4n) is 0.510. The molecule has 0 aliphatic heterocycles. The second kappa shape index (κ2) is 5.09. The molecule has 0 aromatic heterocycles. The quantitative estimate of drug-likeness (QED) is 0.501. The molecule has 4 nitrogen and oxygen atoms in total. The van der Waals surface area contributed by atoms with Crippen molar-refractivity contribution >= 4 is 5.91 Å². The van der Waals surface area contributed by atoms with E-state index in [0.29, 0.717) is 0 Å². The third kappa shape index (κ3) is 4.75. The van der Waals surface area contributed by atoms with Crippen LogP contribution in [0.5, 0.6) is 0 Å². The summed E-state index contributed by atoms with van der Waals surface area (Å²) in [6.45, 7) is 3.40. The van der Waals surface area contributed by atoms with Crippen LogP contribution in [0.25, 0.3) is 0 Å². The first-order chi connectivity index (χ1) is 5.07. The molecule has 0 aliphatic carbocycles. The van der Waals surface area contributed by atoms with Crippen molar-refractivity contribution in [2.75, 3.05) is 13.2 Å². The molecule has 0 bridgehead atoms. The molecule has 3 N–H and O–H groups in total. The standard InChI is InChI=1S/C7H15NO3/c1-5(2)6(10)3-8-7(11)4-9/h5-6,9-10H,3-4H2,1-2H3,(H,8,11). The molecule has 4 heteroatoms. The van der Waals surface area contributed by atoms with Crippen LogP contribution < -0.4 is 5.32 Å². The van der Waals surface area contributed by atoms with Crippen LogP contribution in [0, 0.1) is 5.92 Å². The number of amides is 1. The zero-order valence-corrected chi connectivity index (χ0v) is 6.87. The fourth-order valence-corrected chi connectivity index (χ4v) is 0.510. The second-order valence-corrected chi connectivity index (χ2v) is 2.77. The van der Waals surface area contributed by atoms with E-state index in [1.54, 1.807) is 0 Å². The summed E-state index contributed by atoms with van der Waals surface area (Å²) in [6, 6.07) is 0. The number of hydrogen-bond acceptors (Lipinski definition) is 3. The Morgan fingerprint density at radius 1 is 1.55 bits per heavy atom. The lowest BCUT2D eigenvalue weighted by Gasteiger charge is -2.14. The summed E-state index contributed by atoms with van der Waals surface area (Å²) in [5, 5.41) is 19.8. The molecular weight excluding hydrogens is 146 g/mol. The Kier molecular flexibility index (Phi) is 4.81. The lowest BCUT2D eigenvalue weighted by Crippen LogP contribution is -2.36. The summed E-state index contributed by atoms with van der Waals surface area (Å²) in [5.41, 5.74) is 0. The Morgan fingerprint density at radius 2 is 2.09 bits per heavy atom. The number of carbonyl (C=O) groups is 1. The molecule has 1 atom stereocenters. The van der Waals surface area contributed by atoms with Crippen molar-refractivity contribution in [3.8, 4) is 0 Å². The molecule has 11 heavy (non-hydrogen) atoms. The van der Waals surface area contributed by atoms with Crippen molar-refractivity contribution in [1.82, 2.24) is 5.32 Å². The van der Waals surface area contributed by atoms with Crippen molar-refractivity contribution in [2.45, 2.75) is 20.0 Å². The molecule has 0 spiro atoms. The van der Waals surface area contributed by atoms with Gasteiger partial charge < -0.3 is 15.5 Å². The molecule has 66 valence electrons. The Morgan fingerprint density at radius 3 is 2.45 bits per heavy atom. The molecule has 0 saturated heterocycles. The zero-order chi connectivity index (χ0) is 8.85. The minimum Gasteiger partial charge on any atom is -0.391 e. The predicted molar refractivity (Wildman–Crippen MR) is 40.9 cm³/mol. The third-order valence-corrected chi connectivity index (χ3v) is 1.42. The minimum atomic E-state index is -0.537. The first kappa shape index (κ1) is 10.4. The number of aliphatic hydroxyl groups excluding tert-OH is 2. The SMILES string of the molecule is CC(C)C(O)CNC(=O)CO. The first-order valence-electron chi connectivity index (χ1n) is 3.63. The largest absolute Gasteiger partial charge is 0.391 e. The molecular formula is C7H15NO3. The molecule has 0 heterocycles. The Labute approximate surface area is 66.2 Å². The summed E-state index contributed by atoms with van der Waals surface area (Å²) in [6.07, 6.45) is -0.537. The monoisotopic (exact) mass is 161 g/mol. The molecule has 0 aromatic carbocycles. The highest BCUT2D eigenvalue weighted by Crippen LogP contribution is 1.98. The van der Waals surface area contributed by atoms with Gasteiger partial charge in [-0.05, 0) is 5.92 Å². The smallest absolute Gasteiger partial charge is 0.245 e. The lowest BCUT2D eigenvalue weighted by molar-refractivity contribution is -0.124. The van der Waals surface area contributed by atoms with Crippen LogP contribution in [-0.4, -0.2) is 35.4 Å². The summed E-state index contributed by atoms with van der Waals surface area (Å²) in [4.78, 5) is 10.5. The van der Waals surface area contributed by atoms with Gasteiger partial charge in [0.05, 0.1) is 6.10 Å². The van der Waals surface area contributed by atoms with Gasteiger partial charge in [0.15, 0.2) is 0 Å². The first-order valence-corrected chi connectivity index (χ1v) is 3.63. The fraction of sp³-hybridized carbons (Fsp3) is 0.857. The Hall–Kier alpha value is -0.610. The van der Waals surface area contributed by atoms with E-state index in [1.165, 1.54) is 0 Å². The van der Waals surface area contributed by atoms with Gasteiger partial charge in [-0.3, -0.25) is 4.79 Å². The van der Waals surface area contributed by atoms with E-state index in [-0.39, 0.29) is 12.5 Å². The Bertz CT molecular complexity index is 125. The van der Waals surface area contributed by atoms with Gasteiger partial charge in [-0.1, -0.05) is 13.8 Å². The van der Waals surface area contributed by atoms with Crippen LogP contribution in [-0.2, 0) is 4.79 Å². The normalized spacial score (nSPS) is 13.2. The maximum atomic E-state index is 10.5. The van der Waals surface area contributed by atoms with Gasteiger partial charge in [-0.2, -0.15) is 0 Å². The molecule has 0 saturated carbocycles. The van der Waals surface area contributed by atoms with Crippen molar-refractivity contribution in [3.63, 3.8) is 0 Å². The molecule has 0 radical (unpaired) electrons. The van der Waals surface area contributed by atoms with Crippen molar-refractivity contribution in [1.29, 1.82) is 0 Å². The average Bonchev–Trinajstić information content (AvgIpc) is 1.99. The van der Waals surface area contributed by atoms with Gasteiger partial charge in [0.2, 0.25) is 5.91 Å².